The van der Waals surface area contributed by atoms with Crippen molar-refractivity contribution in [1.82, 2.24) is 4.98 Å². The van der Waals surface area contributed by atoms with Crippen molar-refractivity contribution in [2.24, 2.45) is 11.3 Å². The van der Waals surface area contributed by atoms with Gasteiger partial charge < -0.3 is 4.74 Å². The van der Waals surface area contributed by atoms with Crippen LogP contribution < -0.4 is 0 Å². The molecule has 0 aromatic carbocycles. The third kappa shape index (κ3) is 4.03. The Morgan fingerprint density at radius 2 is 2.21 bits per heavy atom. The van der Waals surface area contributed by atoms with Gasteiger partial charge in [0.25, 0.3) is 0 Å². The molecule has 3 nitrogen and oxygen atoms in total. The van der Waals surface area contributed by atoms with Crippen LogP contribution in [-0.4, -0.2) is 17.1 Å². The van der Waals surface area contributed by atoms with E-state index in [-0.39, 0.29) is 17.5 Å². The van der Waals surface area contributed by atoms with E-state index < -0.39 is 0 Å². The fourth-order valence-corrected chi connectivity index (χ4v) is 3.46. The molecule has 0 saturated heterocycles. The van der Waals surface area contributed by atoms with Crippen LogP contribution in [0.1, 0.15) is 50.4 Å². The van der Waals surface area contributed by atoms with Gasteiger partial charge in [-0.25, -0.2) is 9.78 Å². The number of pyridine rings is 1. The first-order valence-corrected chi connectivity index (χ1v) is 7.47. The van der Waals surface area contributed by atoms with Crippen LogP contribution in [0.5, 0.6) is 0 Å². The topological polar surface area (TPSA) is 39.2 Å². The zero-order valence-corrected chi connectivity index (χ0v) is 13.2. The van der Waals surface area contributed by atoms with E-state index in [0.717, 1.165) is 12.8 Å². The molecular formula is C15H20BrNO2. The summed E-state index contributed by atoms with van der Waals surface area (Å²) in [5.41, 5.74) is 0.805. The Labute approximate surface area is 122 Å². The van der Waals surface area contributed by atoms with E-state index in [1.54, 1.807) is 18.3 Å². The number of halogens is 1. The number of hydrogen-bond acceptors (Lipinski definition) is 3. The van der Waals surface area contributed by atoms with Gasteiger partial charge in [-0.2, -0.15) is 0 Å². The molecule has 0 radical (unpaired) electrons. The van der Waals surface area contributed by atoms with E-state index in [2.05, 4.69) is 41.7 Å². The van der Waals surface area contributed by atoms with E-state index in [4.69, 9.17) is 4.74 Å². The maximum Gasteiger partial charge on any atom is 0.338 e. The predicted molar refractivity (Wildman–Crippen MR) is 77.9 cm³/mol. The van der Waals surface area contributed by atoms with Crippen LogP contribution in [0, 0.1) is 11.3 Å². The molecule has 1 fully saturated rings. The van der Waals surface area contributed by atoms with Crippen LogP contribution in [0.3, 0.4) is 0 Å². The smallest absolute Gasteiger partial charge is 0.338 e. The van der Waals surface area contributed by atoms with E-state index in [0.29, 0.717) is 16.1 Å². The lowest BCUT2D eigenvalue weighted by atomic mass is 9.71. The summed E-state index contributed by atoms with van der Waals surface area (Å²) >= 11 is 3.26. The van der Waals surface area contributed by atoms with Gasteiger partial charge in [0.1, 0.15) is 10.7 Å². The third-order valence-electron chi connectivity index (χ3n) is 3.58. The fraction of sp³-hybridized carbons (Fsp3) is 0.600. The second-order valence-corrected chi connectivity index (χ2v) is 7.12. The van der Waals surface area contributed by atoms with Gasteiger partial charge in [-0.1, -0.05) is 20.8 Å². The number of carbonyl (C=O) groups is 1. The summed E-state index contributed by atoms with van der Waals surface area (Å²) in [4.78, 5) is 16.1. The van der Waals surface area contributed by atoms with Crippen LogP contribution in [-0.2, 0) is 4.74 Å². The molecule has 19 heavy (non-hydrogen) atoms. The predicted octanol–water partition coefficient (Wildman–Crippen LogP) is 4.22. The second-order valence-electron chi connectivity index (χ2n) is 6.31. The quantitative estimate of drug-likeness (QED) is 0.603. The average molecular weight is 326 g/mol. The molecule has 1 heterocycles. The monoisotopic (exact) mass is 325 g/mol. The molecule has 0 N–H and O–H groups in total. The molecule has 2 atom stereocenters. The minimum atomic E-state index is -0.252. The van der Waals surface area contributed by atoms with Crippen LogP contribution >= 0.6 is 15.9 Å². The fourth-order valence-electron chi connectivity index (χ4n) is 3.10. The molecule has 2 rings (SSSR count). The Morgan fingerprint density at radius 1 is 1.47 bits per heavy atom. The van der Waals surface area contributed by atoms with Crippen LogP contribution in [0.2, 0.25) is 0 Å². The van der Waals surface area contributed by atoms with Crippen molar-refractivity contribution in [1.29, 1.82) is 0 Å². The lowest BCUT2D eigenvalue weighted by Gasteiger charge is -2.38. The first kappa shape index (κ1) is 14.5. The summed E-state index contributed by atoms with van der Waals surface area (Å²) < 4.78 is 6.30. The average Bonchev–Trinajstić information content (AvgIpc) is 2.25. The molecule has 0 aliphatic heterocycles. The summed E-state index contributed by atoms with van der Waals surface area (Å²) in [5, 5.41) is 0. The summed E-state index contributed by atoms with van der Waals surface area (Å²) in [6, 6.07) is 3.38. The maximum absolute atomic E-state index is 12.1. The van der Waals surface area contributed by atoms with Crippen LogP contribution in [0.15, 0.2) is 22.9 Å². The highest BCUT2D eigenvalue weighted by atomic mass is 79.9. The standard InChI is InChI=1S/C15H20BrNO2/c1-10-6-12(9-15(2,3)8-10)19-14(18)11-4-5-17-13(16)7-11/h4-5,7,10,12H,6,8-9H2,1-3H3. The Bertz CT molecular complexity index is 473. The van der Waals surface area contributed by atoms with E-state index in [1.165, 1.54) is 6.42 Å². The lowest BCUT2D eigenvalue weighted by Crippen LogP contribution is -2.34. The Kier molecular flexibility index (Phi) is 4.29. The highest BCUT2D eigenvalue weighted by molar-refractivity contribution is 9.10. The van der Waals surface area contributed by atoms with Crippen molar-refractivity contribution in [3.05, 3.63) is 28.5 Å². The van der Waals surface area contributed by atoms with E-state index >= 15 is 0 Å². The van der Waals surface area contributed by atoms with Crippen molar-refractivity contribution in [3.8, 4) is 0 Å². The molecule has 1 aliphatic carbocycles. The highest BCUT2D eigenvalue weighted by Gasteiger charge is 2.34. The van der Waals surface area contributed by atoms with E-state index in [9.17, 15) is 4.79 Å². The number of ether oxygens (including phenoxy) is 1. The van der Waals surface area contributed by atoms with Gasteiger partial charge in [0.05, 0.1) is 5.56 Å². The molecule has 0 amide bonds. The Morgan fingerprint density at radius 3 is 2.84 bits per heavy atom. The zero-order valence-electron chi connectivity index (χ0n) is 11.6. The van der Waals surface area contributed by atoms with Gasteiger partial charge in [-0.05, 0) is 58.7 Å². The van der Waals surface area contributed by atoms with Crippen molar-refractivity contribution < 1.29 is 9.53 Å². The highest BCUT2D eigenvalue weighted by Crippen LogP contribution is 2.39. The SMILES string of the molecule is CC1CC(OC(=O)c2ccnc(Br)c2)CC(C)(C)C1. The van der Waals surface area contributed by atoms with Gasteiger partial charge in [0.15, 0.2) is 0 Å². The molecule has 1 aliphatic rings. The van der Waals surface area contributed by atoms with Gasteiger partial charge in [0, 0.05) is 6.20 Å². The van der Waals surface area contributed by atoms with Crippen LogP contribution in [0.25, 0.3) is 0 Å². The molecule has 0 bridgehead atoms. The first-order valence-electron chi connectivity index (χ1n) is 6.68. The molecule has 2 unspecified atom stereocenters. The molecule has 1 aromatic rings. The minimum absolute atomic E-state index is 0.0261. The van der Waals surface area contributed by atoms with Crippen molar-refractivity contribution in [3.63, 3.8) is 0 Å². The number of rotatable bonds is 2. The zero-order chi connectivity index (χ0) is 14.0. The van der Waals surface area contributed by atoms with Crippen molar-refractivity contribution >= 4 is 21.9 Å². The number of aromatic nitrogens is 1. The maximum atomic E-state index is 12.1. The summed E-state index contributed by atoms with van der Waals surface area (Å²) in [6.07, 6.45) is 4.73. The van der Waals surface area contributed by atoms with Gasteiger partial charge in [-0.15, -0.1) is 0 Å². The normalized spacial score (nSPS) is 25.9. The summed E-state index contributed by atoms with van der Waals surface area (Å²) in [5.74, 6) is 0.351. The molecule has 4 heteroatoms. The number of hydrogen-bond donors (Lipinski definition) is 0. The van der Waals surface area contributed by atoms with Crippen molar-refractivity contribution in [2.75, 3.05) is 0 Å². The number of nitrogens with zero attached hydrogens (tertiary/aromatic N) is 1. The molecule has 1 saturated carbocycles. The Hall–Kier alpha value is -0.900. The summed E-state index contributed by atoms with van der Waals surface area (Å²) in [6.45, 7) is 6.71. The van der Waals surface area contributed by atoms with Gasteiger partial charge >= 0.3 is 5.97 Å². The summed E-state index contributed by atoms with van der Waals surface area (Å²) in [7, 11) is 0. The molecule has 1 aromatic heterocycles. The Balaban J connectivity index is 2.03. The molecule has 104 valence electrons. The molecule has 0 spiro atoms. The largest absolute Gasteiger partial charge is 0.459 e. The minimum Gasteiger partial charge on any atom is -0.459 e. The number of esters is 1. The third-order valence-corrected chi connectivity index (χ3v) is 4.02. The first-order chi connectivity index (χ1) is 8.85. The lowest BCUT2D eigenvalue weighted by molar-refractivity contribution is -0.00716. The van der Waals surface area contributed by atoms with Crippen LogP contribution in [0.4, 0.5) is 0 Å². The number of carbonyl (C=O) groups excluding carboxylic acids is 1. The van der Waals surface area contributed by atoms with E-state index in [1.807, 2.05) is 0 Å². The van der Waals surface area contributed by atoms with Gasteiger partial charge in [-0.3, -0.25) is 0 Å². The molecular weight excluding hydrogens is 306 g/mol. The van der Waals surface area contributed by atoms with Crippen molar-refractivity contribution in [2.45, 2.75) is 46.1 Å². The van der Waals surface area contributed by atoms with Gasteiger partial charge in [0.2, 0.25) is 0 Å². The second kappa shape index (κ2) is 5.61.